The van der Waals surface area contributed by atoms with E-state index in [1.54, 1.807) is 21.3 Å². The Hall–Kier alpha value is -2.96. The summed E-state index contributed by atoms with van der Waals surface area (Å²) in [6.45, 7) is 1.24. The standard InChI is InChI=1S/C24H29NO5/c1-25(14-19-10-12-22(27-2)24(29-4)23(19)28-3)15-20(26)16-30-21-11-9-17-7-5-6-8-18(17)13-21/h5-13,20,26H,14-16H2,1-4H3. The Morgan fingerprint density at radius 1 is 0.867 bits per heavy atom. The van der Waals surface area contributed by atoms with Crippen molar-refractivity contribution in [2.75, 3.05) is 41.5 Å². The number of hydrogen-bond acceptors (Lipinski definition) is 6. The second-order valence-corrected chi connectivity index (χ2v) is 7.16. The van der Waals surface area contributed by atoms with E-state index in [0.29, 0.717) is 30.3 Å². The molecule has 160 valence electrons. The molecule has 3 aromatic rings. The van der Waals surface area contributed by atoms with Crippen LogP contribution < -0.4 is 18.9 Å². The highest BCUT2D eigenvalue weighted by Crippen LogP contribution is 2.40. The number of likely N-dealkylation sites (N-methyl/N-ethyl adjacent to an activating group) is 1. The van der Waals surface area contributed by atoms with Crippen LogP contribution in [0.4, 0.5) is 0 Å². The fraction of sp³-hybridized carbons (Fsp3) is 0.333. The molecule has 0 spiro atoms. The molecule has 0 bridgehead atoms. The average molecular weight is 411 g/mol. The molecule has 0 aliphatic heterocycles. The summed E-state index contributed by atoms with van der Waals surface area (Å²) in [5.74, 6) is 2.55. The number of hydrogen-bond donors (Lipinski definition) is 1. The van der Waals surface area contributed by atoms with Crippen molar-refractivity contribution in [3.05, 3.63) is 60.2 Å². The Kier molecular flexibility index (Phi) is 7.38. The smallest absolute Gasteiger partial charge is 0.203 e. The molecule has 3 rings (SSSR count). The molecule has 0 aromatic heterocycles. The van der Waals surface area contributed by atoms with Crippen molar-refractivity contribution in [3.8, 4) is 23.0 Å². The third-order valence-electron chi connectivity index (χ3n) is 4.91. The lowest BCUT2D eigenvalue weighted by Gasteiger charge is -2.23. The summed E-state index contributed by atoms with van der Waals surface area (Å²) >= 11 is 0. The highest BCUT2D eigenvalue weighted by atomic mass is 16.5. The molecular weight excluding hydrogens is 382 g/mol. The molecule has 3 aromatic carbocycles. The van der Waals surface area contributed by atoms with E-state index in [2.05, 4.69) is 6.07 Å². The number of methoxy groups -OCH3 is 3. The van der Waals surface area contributed by atoms with Gasteiger partial charge < -0.3 is 24.1 Å². The van der Waals surface area contributed by atoms with E-state index in [0.717, 1.165) is 22.1 Å². The first-order chi connectivity index (χ1) is 14.5. The second-order valence-electron chi connectivity index (χ2n) is 7.16. The minimum absolute atomic E-state index is 0.214. The molecule has 1 atom stereocenters. The molecule has 0 heterocycles. The van der Waals surface area contributed by atoms with Crippen LogP contribution in [-0.2, 0) is 6.54 Å². The average Bonchev–Trinajstić information content (AvgIpc) is 2.76. The number of rotatable bonds is 10. The first kappa shape index (κ1) is 21.7. The van der Waals surface area contributed by atoms with Gasteiger partial charge in [0.1, 0.15) is 18.5 Å². The van der Waals surface area contributed by atoms with E-state index in [1.165, 1.54) is 0 Å². The van der Waals surface area contributed by atoms with E-state index in [1.807, 2.05) is 60.5 Å². The van der Waals surface area contributed by atoms with E-state index in [9.17, 15) is 5.11 Å². The van der Waals surface area contributed by atoms with Gasteiger partial charge in [-0.1, -0.05) is 36.4 Å². The predicted molar refractivity (Wildman–Crippen MR) is 118 cm³/mol. The summed E-state index contributed by atoms with van der Waals surface area (Å²) in [6.07, 6.45) is -0.632. The molecule has 0 saturated heterocycles. The van der Waals surface area contributed by atoms with E-state index in [4.69, 9.17) is 18.9 Å². The molecule has 0 aliphatic carbocycles. The SMILES string of the molecule is COc1ccc(CN(C)CC(O)COc2ccc3ccccc3c2)c(OC)c1OC. The summed E-state index contributed by atoms with van der Waals surface area (Å²) in [7, 11) is 6.72. The van der Waals surface area contributed by atoms with Crippen LogP contribution in [0.3, 0.4) is 0 Å². The van der Waals surface area contributed by atoms with Gasteiger partial charge in [-0.15, -0.1) is 0 Å². The summed E-state index contributed by atoms with van der Waals surface area (Å²) in [5.41, 5.74) is 0.945. The van der Waals surface area contributed by atoms with Crippen LogP contribution in [0.2, 0.25) is 0 Å². The van der Waals surface area contributed by atoms with Crippen molar-refractivity contribution in [2.24, 2.45) is 0 Å². The summed E-state index contributed by atoms with van der Waals surface area (Å²) in [4.78, 5) is 2.01. The third-order valence-corrected chi connectivity index (χ3v) is 4.91. The van der Waals surface area contributed by atoms with Crippen LogP contribution in [0, 0.1) is 0 Å². The van der Waals surface area contributed by atoms with Crippen LogP contribution in [0.5, 0.6) is 23.0 Å². The van der Waals surface area contributed by atoms with Crippen molar-refractivity contribution < 1.29 is 24.1 Å². The van der Waals surface area contributed by atoms with Gasteiger partial charge in [0, 0.05) is 18.7 Å². The third kappa shape index (κ3) is 5.14. The van der Waals surface area contributed by atoms with Gasteiger partial charge in [0.05, 0.1) is 21.3 Å². The topological polar surface area (TPSA) is 60.4 Å². The zero-order valence-electron chi connectivity index (χ0n) is 17.9. The summed E-state index contributed by atoms with van der Waals surface area (Å²) < 4.78 is 22.1. The van der Waals surface area contributed by atoms with Gasteiger partial charge in [-0.2, -0.15) is 0 Å². The van der Waals surface area contributed by atoms with Crippen LogP contribution in [-0.4, -0.2) is 57.6 Å². The van der Waals surface area contributed by atoms with Crippen molar-refractivity contribution in [1.82, 2.24) is 4.90 Å². The van der Waals surface area contributed by atoms with Crippen LogP contribution in [0.25, 0.3) is 10.8 Å². The minimum Gasteiger partial charge on any atom is -0.493 e. The first-order valence-electron chi connectivity index (χ1n) is 9.81. The molecule has 1 N–H and O–H groups in total. The van der Waals surface area contributed by atoms with Crippen LogP contribution in [0.1, 0.15) is 5.56 Å². The maximum absolute atomic E-state index is 10.4. The van der Waals surface area contributed by atoms with Crippen molar-refractivity contribution in [2.45, 2.75) is 12.6 Å². The predicted octanol–water partition coefficient (Wildman–Crippen LogP) is 3.74. The molecule has 30 heavy (non-hydrogen) atoms. The summed E-state index contributed by atoms with van der Waals surface area (Å²) in [5, 5.41) is 12.7. The van der Waals surface area contributed by atoms with Crippen LogP contribution in [0.15, 0.2) is 54.6 Å². The van der Waals surface area contributed by atoms with E-state index >= 15 is 0 Å². The zero-order valence-corrected chi connectivity index (χ0v) is 17.9. The zero-order chi connectivity index (χ0) is 21.5. The van der Waals surface area contributed by atoms with Crippen LogP contribution >= 0.6 is 0 Å². The Balaban J connectivity index is 1.58. The van der Waals surface area contributed by atoms with Crippen molar-refractivity contribution in [1.29, 1.82) is 0 Å². The fourth-order valence-corrected chi connectivity index (χ4v) is 3.51. The van der Waals surface area contributed by atoms with E-state index in [-0.39, 0.29) is 6.61 Å². The first-order valence-corrected chi connectivity index (χ1v) is 9.81. The molecule has 6 heteroatoms. The van der Waals surface area contributed by atoms with E-state index < -0.39 is 6.10 Å². The van der Waals surface area contributed by atoms with Gasteiger partial charge in [0.2, 0.25) is 5.75 Å². The second kappa shape index (κ2) is 10.2. The molecule has 0 aliphatic rings. The monoisotopic (exact) mass is 411 g/mol. The molecule has 0 radical (unpaired) electrons. The van der Waals surface area contributed by atoms with Gasteiger partial charge in [-0.3, -0.25) is 4.90 Å². The van der Waals surface area contributed by atoms with Gasteiger partial charge >= 0.3 is 0 Å². The number of fused-ring (bicyclic) bond motifs is 1. The summed E-state index contributed by atoms with van der Waals surface area (Å²) in [6, 6.07) is 17.8. The Labute approximate surface area is 177 Å². The Morgan fingerprint density at radius 3 is 2.30 bits per heavy atom. The number of aliphatic hydroxyl groups excluding tert-OH is 1. The molecule has 1 unspecified atom stereocenters. The van der Waals surface area contributed by atoms with Gasteiger partial charge in [-0.05, 0) is 36.0 Å². The number of benzene rings is 3. The highest BCUT2D eigenvalue weighted by Gasteiger charge is 2.18. The lowest BCUT2D eigenvalue weighted by molar-refractivity contribution is 0.0742. The lowest BCUT2D eigenvalue weighted by Crippen LogP contribution is -2.32. The number of nitrogens with zero attached hydrogens (tertiary/aromatic N) is 1. The largest absolute Gasteiger partial charge is 0.493 e. The Morgan fingerprint density at radius 2 is 1.60 bits per heavy atom. The maximum atomic E-state index is 10.4. The minimum atomic E-state index is -0.632. The molecule has 0 amide bonds. The number of ether oxygens (including phenoxy) is 4. The fourth-order valence-electron chi connectivity index (χ4n) is 3.51. The number of aliphatic hydroxyl groups is 1. The van der Waals surface area contributed by atoms with Gasteiger partial charge in [-0.25, -0.2) is 0 Å². The molecule has 0 fully saturated rings. The Bertz CT molecular complexity index is 975. The van der Waals surface area contributed by atoms with Crippen molar-refractivity contribution >= 4 is 10.8 Å². The van der Waals surface area contributed by atoms with Gasteiger partial charge in [0.25, 0.3) is 0 Å². The van der Waals surface area contributed by atoms with Crippen molar-refractivity contribution in [3.63, 3.8) is 0 Å². The maximum Gasteiger partial charge on any atom is 0.203 e. The molecule has 0 saturated carbocycles. The quantitative estimate of drug-likeness (QED) is 0.549. The van der Waals surface area contributed by atoms with Gasteiger partial charge in [0.15, 0.2) is 11.5 Å². The normalized spacial score (nSPS) is 12.1. The molecular formula is C24H29NO5. The lowest BCUT2D eigenvalue weighted by atomic mass is 10.1. The highest BCUT2D eigenvalue weighted by molar-refractivity contribution is 5.83. The molecule has 6 nitrogen and oxygen atoms in total.